The smallest absolute Gasteiger partial charge is 0.416 e. The number of carbonyl (C=O) groups excluding carboxylic acids is 2. The van der Waals surface area contributed by atoms with E-state index in [0.29, 0.717) is 6.54 Å². The van der Waals surface area contributed by atoms with Crippen molar-refractivity contribution in [3.05, 3.63) is 59.2 Å². The number of rotatable bonds is 5. The quantitative estimate of drug-likeness (QED) is 0.713. The molecule has 1 aliphatic rings. The molecule has 0 saturated carbocycles. The van der Waals surface area contributed by atoms with Gasteiger partial charge in [-0.1, -0.05) is 24.0 Å². The molecular weight excluding hydrogens is 421 g/mol. The maximum absolute atomic E-state index is 12.7. The normalized spacial score (nSPS) is 15.8. The van der Waals surface area contributed by atoms with E-state index >= 15 is 0 Å². The summed E-state index contributed by atoms with van der Waals surface area (Å²) in [5.74, 6) is 4.57. The molecule has 1 heterocycles. The summed E-state index contributed by atoms with van der Waals surface area (Å²) in [5, 5.41) is 2.67. The summed E-state index contributed by atoms with van der Waals surface area (Å²) >= 11 is 0. The van der Waals surface area contributed by atoms with Crippen LogP contribution in [0.4, 0.5) is 18.9 Å². The lowest BCUT2D eigenvalue weighted by molar-refractivity contribution is -0.137. The Morgan fingerprint density at radius 2 is 1.94 bits per heavy atom. The fourth-order valence-electron chi connectivity index (χ4n) is 3.30. The molecule has 1 fully saturated rings. The van der Waals surface area contributed by atoms with Gasteiger partial charge in [-0.2, -0.15) is 13.2 Å². The Morgan fingerprint density at radius 1 is 1.16 bits per heavy atom. The molecule has 2 amide bonds. The van der Waals surface area contributed by atoms with E-state index in [-0.39, 0.29) is 37.1 Å². The molecule has 2 aromatic rings. The second-order valence-corrected chi connectivity index (χ2v) is 7.56. The lowest BCUT2D eigenvalue weighted by Gasteiger charge is -2.17. The van der Waals surface area contributed by atoms with Gasteiger partial charge in [-0.05, 0) is 55.3 Å². The minimum atomic E-state index is -4.44. The number of aryl methyl sites for hydroxylation is 2. The van der Waals surface area contributed by atoms with Crippen molar-refractivity contribution >= 4 is 17.5 Å². The number of hydrogen-bond donors (Lipinski definition) is 1. The number of benzene rings is 2. The molecule has 1 aliphatic heterocycles. The van der Waals surface area contributed by atoms with Crippen LogP contribution in [0.3, 0.4) is 0 Å². The molecule has 0 aliphatic carbocycles. The zero-order valence-electron chi connectivity index (χ0n) is 17.8. The molecule has 1 atom stereocenters. The summed E-state index contributed by atoms with van der Waals surface area (Å²) in [7, 11) is 0. The second-order valence-electron chi connectivity index (χ2n) is 7.56. The van der Waals surface area contributed by atoms with Crippen molar-refractivity contribution in [1.82, 2.24) is 5.32 Å². The van der Waals surface area contributed by atoms with E-state index in [4.69, 9.17) is 4.74 Å². The van der Waals surface area contributed by atoms with Gasteiger partial charge >= 0.3 is 6.18 Å². The van der Waals surface area contributed by atoms with Crippen LogP contribution in [0.2, 0.25) is 0 Å². The molecule has 0 aromatic heterocycles. The lowest BCUT2D eigenvalue weighted by atomic mass is 10.1. The third-order valence-corrected chi connectivity index (χ3v) is 5.25. The first kappa shape index (κ1) is 23.2. The second kappa shape index (κ2) is 9.77. The Kier molecular flexibility index (Phi) is 7.08. The molecule has 8 heteroatoms. The number of ether oxygens (including phenoxy) is 1. The molecule has 0 bridgehead atoms. The average Bonchev–Trinajstić information content (AvgIpc) is 3.14. The summed E-state index contributed by atoms with van der Waals surface area (Å²) in [6.07, 6.45) is -4.31. The van der Waals surface area contributed by atoms with Gasteiger partial charge < -0.3 is 15.0 Å². The minimum absolute atomic E-state index is 0.0547. The third kappa shape index (κ3) is 5.82. The number of nitrogens with zero attached hydrogens (tertiary/aromatic N) is 1. The molecule has 2 aromatic carbocycles. The first-order chi connectivity index (χ1) is 15.1. The summed E-state index contributed by atoms with van der Waals surface area (Å²) in [5.41, 5.74) is 2.19. The molecule has 0 spiro atoms. The van der Waals surface area contributed by atoms with E-state index in [0.717, 1.165) is 28.9 Å². The fraction of sp³-hybridized carbons (Fsp3) is 0.333. The van der Waals surface area contributed by atoms with Crippen LogP contribution in [-0.4, -0.2) is 31.5 Å². The van der Waals surface area contributed by atoms with Crippen molar-refractivity contribution in [3.8, 4) is 17.6 Å². The first-order valence-electron chi connectivity index (χ1n) is 10.1. The largest absolute Gasteiger partial charge is 0.481 e. The van der Waals surface area contributed by atoms with Crippen molar-refractivity contribution in [2.24, 2.45) is 5.92 Å². The fourth-order valence-corrected chi connectivity index (χ4v) is 3.30. The van der Waals surface area contributed by atoms with Crippen LogP contribution in [0.5, 0.6) is 5.75 Å². The number of anilines is 1. The Balaban J connectivity index is 1.45. The van der Waals surface area contributed by atoms with Crippen molar-refractivity contribution in [3.63, 3.8) is 0 Å². The summed E-state index contributed by atoms with van der Waals surface area (Å²) in [4.78, 5) is 26.3. The zero-order chi connectivity index (χ0) is 23.3. The maximum Gasteiger partial charge on any atom is 0.416 e. The number of hydrogen-bond acceptors (Lipinski definition) is 3. The van der Waals surface area contributed by atoms with E-state index in [2.05, 4.69) is 17.2 Å². The number of amides is 2. The van der Waals surface area contributed by atoms with Gasteiger partial charge in [0.2, 0.25) is 11.8 Å². The monoisotopic (exact) mass is 444 g/mol. The SMILES string of the molecule is Cc1ccc(N2CC(C(=O)NCC#CCOc3cccc(C(F)(F)F)c3)CC2=O)cc1C. The van der Waals surface area contributed by atoms with Gasteiger partial charge in [0.05, 0.1) is 18.0 Å². The lowest BCUT2D eigenvalue weighted by Crippen LogP contribution is -2.33. The predicted octanol–water partition coefficient (Wildman–Crippen LogP) is 3.87. The van der Waals surface area contributed by atoms with Gasteiger partial charge in [0, 0.05) is 18.7 Å². The molecular formula is C24H23F3N2O3. The maximum atomic E-state index is 12.7. The van der Waals surface area contributed by atoms with Gasteiger partial charge in [0.25, 0.3) is 0 Å². The molecule has 1 unspecified atom stereocenters. The molecule has 5 nitrogen and oxygen atoms in total. The first-order valence-corrected chi connectivity index (χ1v) is 10.1. The van der Waals surface area contributed by atoms with Crippen LogP contribution in [-0.2, 0) is 15.8 Å². The van der Waals surface area contributed by atoms with Crippen molar-refractivity contribution in [2.45, 2.75) is 26.4 Å². The average molecular weight is 444 g/mol. The molecule has 0 radical (unpaired) electrons. The van der Waals surface area contributed by atoms with E-state index in [1.54, 1.807) is 4.90 Å². The highest BCUT2D eigenvalue weighted by atomic mass is 19.4. The summed E-state index contributed by atoms with van der Waals surface area (Å²) in [6.45, 7) is 4.21. The van der Waals surface area contributed by atoms with E-state index < -0.39 is 17.7 Å². The van der Waals surface area contributed by atoms with E-state index in [9.17, 15) is 22.8 Å². The Hall–Kier alpha value is -3.47. The van der Waals surface area contributed by atoms with Crippen LogP contribution in [0.25, 0.3) is 0 Å². The summed E-state index contributed by atoms with van der Waals surface area (Å²) < 4.78 is 43.3. The molecule has 32 heavy (non-hydrogen) atoms. The number of nitrogens with one attached hydrogen (secondary N) is 1. The summed E-state index contributed by atoms with van der Waals surface area (Å²) in [6, 6.07) is 10.3. The van der Waals surface area contributed by atoms with Gasteiger partial charge in [-0.3, -0.25) is 9.59 Å². The number of alkyl halides is 3. The Labute approximate surface area is 184 Å². The highest BCUT2D eigenvalue weighted by molar-refractivity contribution is 6.00. The van der Waals surface area contributed by atoms with E-state index in [1.165, 1.54) is 12.1 Å². The molecule has 3 rings (SSSR count). The topological polar surface area (TPSA) is 58.6 Å². The van der Waals surface area contributed by atoms with Crippen molar-refractivity contribution < 1.29 is 27.5 Å². The van der Waals surface area contributed by atoms with Crippen LogP contribution in [0.15, 0.2) is 42.5 Å². The zero-order valence-corrected chi connectivity index (χ0v) is 17.8. The Morgan fingerprint density at radius 3 is 2.66 bits per heavy atom. The van der Waals surface area contributed by atoms with Crippen molar-refractivity contribution in [1.29, 1.82) is 0 Å². The van der Waals surface area contributed by atoms with E-state index in [1.807, 2.05) is 32.0 Å². The highest BCUT2D eigenvalue weighted by Gasteiger charge is 2.35. The molecule has 168 valence electrons. The van der Waals surface area contributed by atoms with Gasteiger partial charge in [-0.15, -0.1) is 0 Å². The standard InChI is InChI=1S/C24H23F3N2O3/c1-16-8-9-20(12-17(16)2)29-15-18(13-22(29)30)23(31)28-10-3-4-11-32-21-7-5-6-19(14-21)24(25,26)27/h5-9,12,14,18H,10-11,13,15H2,1-2H3,(H,28,31). The van der Waals surface area contributed by atoms with Crippen LogP contribution in [0, 0.1) is 31.6 Å². The van der Waals surface area contributed by atoms with Crippen molar-refractivity contribution in [2.75, 3.05) is 24.6 Å². The number of carbonyl (C=O) groups is 2. The predicted molar refractivity (Wildman–Crippen MR) is 114 cm³/mol. The van der Waals surface area contributed by atoms with Gasteiger partial charge in [0.1, 0.15) is 12.4 Å². The van der Waals surface area contributed by atoms with Crippen LogP contribution in [0.1, 0.15) is 23.1 Å². The van der Waals surface area contributed by atoms with Crippen LogP contribution >= 0.6 is 0 Å². The minimum Gasteiger partial charge on any atom is -0.481 e. The van der Waals surface area contributed by atoms with Crippen LogP contribution < -0.4 is 15.0 Å². The highest BCUT2D eigenvalue weighted by Crippen LogP contribution is 2.31. The Bertz CT molecular complexity index is 1070. The van der Waals surface area contributed by atoms with Gasteiger partial charge in [0.15, 0.2) is 0 Å². The third-order valence-electron chi connectivity index (χ3n) is 5.25. The van der Waals surface area contributed by atoms with Gasteiger partial charge in [-0.25, -0.2) is 0 Å². The molecule has 1 saturated heterocycles. The number of halogens is 3. The molecule has 1 N–H and O–H groups in total.